The number of pyridine rings is 1. The number of rotatable bonds is 7. The first kappa shape index (κ1) is 24.2. The molecule has 33 heavy (non-hydrogen) atoms. The van der Waals surface area contributed by atoms with E-state index in [1.54, 1.807) is 6.92 Å². The van der Waals surface area contributed by atoms with Crippen molar-refractivity contribution < 1.29 is 27.6 Å². The molecule has 3 aromatic heterocycles. The fraction of sp³-hybridized carbons (Fsp3) is 0.211. The van der Waals surface area contributed by atoms with E-state index < -0.39 is 40.3 Å². The van der Waals surface area contributed by atoms with E-state index in [1.165, 1.54) is 12.3 Å². The number of nitrogens with zero attached hydrogens (tertiary/aromatic N) is 4. The Morgan fingerprint density at radius 3 is 2.48 bits per heavy atom. The topological polar surface area (TPSA) is 141 Å². The number of ketones is 1. The SMILES string of the molecule is C[C@@H](CC(=O)c1cc(C(N)=O)ncn1)c1ncc(C(=O)Nc2cc(C(F)(F)F)c(Cl)cn2)s1. The number of thiazole rings is 1. The molecule has 2 amide bonds. The van der Waals surface area contributed by atoms with Crippen LogP contribution in [0.15, 0.2) is 30.9 Å². The van der Waals surface area contributed by atoms with Crippen molar-refractivity contribution in [3.05, 3.63) is 62.7 Å². The van der Waals surface area contributed by atoms with Gasteiger partial charge in [-0.15, -0.1) is 11.3 Å². The summed E-state index contributed by atoms with van der Waals surface area (Å²) < 4.78 is 38.9. The summed E-state index contributed by atoms with van der Waals surface area (Å²) in [5, 5.41) is 2.12. The first-order valence-electron chi connectivity index (χ1n) is 9.10. The van der Waals surface area contributed by atoms with Gasteiger partial charge in [-0.3, -0.25) is 14.4 Å². The third kappa shape index (κ3) is 5.87. The molecule has 0 aliphatic rings. The van der Waals surface area contributed by atoms with Gasteiger partial charge in [0, 0.05) is 18.5 Å². The van der Waals surface area contributed by atoms with Crippen LogP contribution in [0.3, 0.4) is 0 Å². The second-order valence-electron chi connectivity index (χ2n) is 6.75. The van der Waals surface area contributed by atoms with Crippen LogP contribution in [0.5, 0.6) is 0 Å². The number of nitrogens with two attached hydrogens (primary N) is 1. The Labute approximate surface area is 193 Å². The number of hydrogen-bond acceptors (Lipinski definition) is 8. The molecule has 3 aromatic rings. The Morgan fingerprint density at radius 2 is 1.82 bits per heavy atom. The van der Waals surface area contributed by atoms with Gasteiger partial charge in [-0.1, -0.05) is 18.5 Å². The first-order valence-corrected chi connectivity index (χ1v) is 10.3. The van der Waals surface area contributed by atoms with Gasteiger partial charge in [-0.05, 0) is 12.1 Å². The van der Waals surface area contributed by atoms with Crippen molar-refractivity contribution in [2.75, 3.05) is 5.32 Å². The first-order chi connectivity index (χ1) is 15.5. The summed E-state index contributed by atoms with van der Waals surface area (Å²) in [7, 11) is 0. The van der Waals surface area contributed by atoms with Crippen LogP contribution in [-0.2, 0) is 6.18 Å². The number of amides is 2. The highest BCUT2D eigenvalue weighted by atomic mass is 35.5. The summed E-state index contributed by atoms with van der Waals surface area (Å²) in [6, 6.07) is 1.82. The minimum absolute atomic E-state index is 0.00875. The zero-order valence-electron chi connectivity index (χ0n) is 16.7. The number of halogens is 4. The molecule has 0 aliphatic carbocycles. The predicted octanol–water partition coefficient (Wildman–Crippen LogP) is 3.73. The number of hydrogen-bond donors (Lipinski definition) is 2. The summed E-state index contributed by atoms with van der Waals surface area (Å²) in [6.45, 7) is 1.70. The Bertz CT molecular complexity index is 1230. The van der Waals surface area contributed by atoms with Crippen LogP contribution in [0.4, 0.5) is 19.0 Å². The average molecular weight is 499 g/mol. The van der Waals surface area contributed by atoms with Crippen molar-refractivity contribution in [3.8, 4) is 0 Å². The average Bonchev–Trinajstić information content (AvgIpc) is 3.25. The van der Waals surface area contributed by atoms with Crippen LogP contribution < -0.4 is 11.1 Å². The lowest BCUT2D eigenvalue weighted by molar-refractivity contribution is -0.137. The van der Waals surface area contributed by atoms with Crippen molar-refractivity contribution in [1.82, 2.24) is 19.9 Å². The second-order valence-corrected chi connectivity index (χ2v) is 8.21. The standard InChI is InChI=1S/C19H14ClF3N6O3S/c1-8(2-13(30)11-4-12(16(24)31)28-7-27-11)18-26-6-14(33-18)17(32)29-15-3-9(19(21,22)23)10(20)5-25-15/h3-8H,2H2,1H3,(H2,24,31)(H,25,29,32)/t8-/m0/s1. The molecule has 0 aromatic carbocycles. The van der Waals surface area contributed by atoms with Crippen LogP contribution in [0.2, 0.25) is 5.02 Å². The van der Waals surface area contributed by atoms with Crippen molar-refractivity contribution in [3.63, 3.8) is 0 Å². The van der Waals surface area contributed by atoms with Crippen molar-refractivity contribution in [2.45, 2.75) is 25.4 Å². The quantitative estimate of drug-likeness (QED) is 0.473. The highest BCUT2D eigenvalue weighted by molar-refractivity contribution is 7.13. The van der Waals surface area contributed by atoms with Gasteiger partial charge in [0.05, 0.1) is 21.8 Å². The minimum Gasteiger partial charge on any atom is -0.364 e. The molecule has 9 nitrogen and oxygen atoms in total. The van der Waals surface area contributed by atoms with Crippen LogP contribution in [0, 0.1) is 0 Å². The third-order valence-corrected chi connectivity index (χ3v) is 5.80. The van der Waals surface area contributed by atoms with Gasteiger partial charge in [0.2, 0.25) is 0 Å². The lowest BCUT2D eigenvalue weighted by atomic mass is 10.0. The second kappa shape index (κ2) is 9.58. The molecule has 0 fully saturated rings. The van der Waals surface area contributed by atoms with E-state index in [9.17, 15) is 27.6 Å². The maximum Gasteiger partial charge on any atom is 0.418 e. The number of primary amides is 1. The van der Waals surface area contributed by atoms with Gasteiger partial charge >= 0.3 is 6.18 Å². The van der Waals surface area contributed by atoms with Gasteiger partial charge in [0.15, 0.2) is 5.78 Å². The summed E-state index contributed by atoms with van der Waals surface area (Å²) in [6.07, 6.45) is -1.65. The molecular formula is C19H14ClF3N6O3S. The molecule has 0 saturated carbocycles. The number of carbonyl (C=O) groups is 3. The third-order valence-electron chi connectivity index (χ3n) is 4.27. The number of Topliss-reactive ketones (excluding diaryl/α,β-unsaturated/α-hetero) is 1. The molecule has 3 rings (SSSR count). The van der Waals surface area contributed by atoms with E-state index in [-0.39, 0.29) is 28.5 Å². The lowest BCUT2D eigenvalue weighted by Crippen LogP contribution is -2.15. The predicted molar refractivity (Wildman–Crippen MR) is 112 cm³/mol. The van der Waals surface area contributed by atoms with Crippen LogP contribution in [-0.4, -0.2) is 37.5 Å². The molecule has 3 N–H and O–H groups in total. The highest BCUT2D eigenvalue weighted by Gasteiger charge is 2.34. The van der Waals surface area contributed by atoms with Gasteiger partial charge in [-0.25, -0.2) is 19.9 Å². The normalized spacial score (nSPS) is 12.3. The minimum atomic E-state index is -4.71. The summed E-state index contributed by atoms with van der Waals surface area (Å²) in [5.74, 6) is -2.65. The molecule has 14 heteroatoms. The van der Waals surface area contributed by atoms with Crippen LogP contribution in [0.25, 0.3) is 0 Å². The van der Waals surface area contributed by atoms with Gasteiger partial charge in [0.1, 0.15) is 28.4 Å². The number of aromatic nitrogens is 4. The number of anilines is 1. The van der Waals surface area contributed by atoms with Crippen molar-refractivity contribution in [2.24, 2.45) is 5.73 Å². The summed E-state index contributed by atoms with van der Waals surface area (Å²) >= 11 is 6.49. The largest absolute Gasteiger partial charge is 0.418 e. The fourth-order valence-corrected chi connectivity index (χ4v) is 3.71. The van der Waals surface area contributed by atoms with E-state index in [1.807, 2.05) is 0 Å². The van der Waals surface area contributed by atoms with Crippen LogP contribution in [0.1, 0.15) is 60.5 Å². The number of carbonyl (C=O) groups excluding carboxylic acids is 3. The molecule has 0 spiro atoms. The van der Waals surface area contributed by atoms with Gasteiger partial charge < -0.3 is 11.1 Å². The van der Waals surface area contributed by atoms with Crippen molar-refractivity contribution in [1.29, 1.82) is 0 Å². The van der Waals surface area contributed by atoms with E-state index in [4.69, 9.17) is 17.3 Å². The molecule has 1 atom stereocenters. The Morgan fingerprint density at radius 1 is 1.12 bits per heavy atom. The zero-order valence-corrected chi connectivity index (χ0v) is 18.3. The highest BCUT2D eigenvalue weighted by Crippen LogP contribution is 2.35. The smallest absolute Gasteiger partial charge is 0.364 e. The van der Waals surface area contributed by atoms with Crippen LogP contribution >= 0.6 is 22.9 Å². The summed E-state index contributed by atoms with van der Waals surface area (Å²) in [4.78, 5) is 51.5. The molecule has 0 unspecified atom stereocenters. The molecule has 0 aliphatic heterocycles. The Kier molecular flexibility index (Phi) is 7.03. The number of alkyl halides is 3. The maximum absolute atomic E-state index is 13.0. The lowest BCUT2D eigenvalue weighted by Gasteiger charge is -2.10. The van der Waals surface area contributed by atoms with E-state index in [2.05, 4.69) is 25.3 Å². The monoisotopic (exact) mass is 498 g/mol. The summed E-state index contributed by atoms with van der Waals surface area (Å²) in [5.41, 5.74) is 3.93. The molecule has 0 saturated heterocycles. The molecule has 0 bridgehead atoms. The Hall–Kier alpha value is -3.45. The zero-order chi connectivity index (χ0) is 24.3. The molecule has 0 radical (unpaired) electrons. The van der Waals surface area contributed by atoms with Gasteiger partial charge in [-0.2, -0.15) is 13.2 Å². The maximum atomic E-state index is 13.0. The number of nitrogens with one attached hydrogen (secondary N) is 1. The fourth-order valence-electron chi connectivity index (χ4n) is 2.64. The molecule has 3 heterocycles. The van der Waals surface area contributed by atoms with E-state index >= 15 is 0 Å². The Balaban J connectivity index is 1.69. The molecule has 172 valence electrons. The van der Waals surface area contributed by atoms with Gasteiger partial charge in [0.25, 0.3) is 11.8 Å². The van der Waals surface area contributed by atoms with E-state index in [0.29, 0.717) is 11.1 Å². The molecular weight excluding hydrogens is 485 g/mol. The van der Waals surface area contributed by atoms with E-state index in [0.717, 1.165) is 23.9 Å². The van der Waals surface area contributed by atoms with Crippen molar-refractivity contribution >= 4 is 46.4 Å².